The van der Waals surface area contributed by atoms with Crippen LogP contribution in [0.2, 0.25) is 0 Å². The van der Waals surface area contributed by atoms with E-state index < -0.39 is 0 Å². The van der Waals surface area contributed by atoms with Gasteiger partial charge in [0.1, 0.15) is 6.07 Å². The second kappa shape index (κ2) is 4.20. The van der Waals surface area contributed by atoms with Gasteiger partial charge in [-0.2, -0.15) is 5.26 Å². The SMILES string of the molecule is N#Cc1cc(N2CCOCC2)ccc1N. The Kier molecular flexibility index (Phi) is 2.75. The van der Waals surface area contributed by atoms with Gasteiger partial charge in [-0.3, -0.25) is 0 Å². The lowest BCUT2D eigenvalue weighted by atomic mass is 10.1. The largest absolute Gasteiger partial charge is 0.398 e. The van der Waals surface area contributed by atoms with Crippen molar-refractivity contribution in [3.05, 3.63) is 23.8 Å². The predicted octanol–water partition coefficient (Wildman–Crippen LogP) is 0.977. The highest BCUT2D eigenvalue weighted by Crippen LogP contribution is 2.21. The lowest BCUT2D eigenvalue weighted by Crippen LogP contribution is -2.36. The Labute approximate surface area is 88.9 Å². The molecule has 4 nitrogen and oxygen atoms in total. The zero-order chi connectivity index (χ0) is 10.7. The first-order chi connectivity index (χ1) is 7.31. The van der Waals surface area contributed by atoms with Gasteiger partial charge in [0.15, 0.2) is 0 Å². The number of anilines is 2. The fourth-order valence-corrected chi connectivity index (χ4v) is 1.66. The van der Waals surface area contributed by atoms with Crippen molar-refractivity contribution in [3.8, 4) is 6.07 Å². The molecule has 1 heterocycles. The second-order valence-electron chi connectivity index (χ2n) is 3.48. The molecule has 0 radical (unpaired) electrons. The molecule has 0 unspecified atom stereocenters. The van der Waals surface area contributed by atoms with Gasteiger partial charge in [-0.05, 0) is 18.2 Å². The standard InChI is InChI=1S/C11H13N3O/c12-8-9-7-10(1-2-11(9)13)14-3-5-15-6-4-14/h1-2,7H,3-6,13H2. The fourth-order valence-electron chi connectivity index (χ4n) is 1.66. The minimum atomic E-state index is 0.537. The van der Waals surface area contributed by atoms with E-state index in [4.69, 9.17) is 15.7 Å². The van der Waals surface area contributed by atoms with E-state index >= 15 is 0 Å². The lowest BCUT2D eigenvalue weighted by Gasteiger charge is -2.29. The number of nitrogen functional groups attached to an aromatic ring is 1. The van der Waals surface area contributed by atoms with Crippen LogP contribution in [-0.2, 0) is 4.74 Å². The maximum atomic E-state index is 8.87. The molecule has 0 saturated carbocycles. The molecule has 1 aliphatic heterocycles. The number of nitrogens with zero attached hydrogens (tertiary/aromatic N) is 2. The molecule has 78 valence electrons. The van der Waals surface area contributed by atoms with Crippen LogP contribution in [-0.4, -0.2) is 26.3 Å². The van der Waals surface area contributed by atoms with Gasteiger partial charge in [-0.1, -0.05) is 0 Å². The van der Waals surface area contributed by atoms with Gasteiger partial charge in [0.2, 0.25) is 0 Å². The van der Waals surface area contributed by atoms with E-state index in [0.29, 0.717) is 11.3 Å². The number of nitrogens with two attached hydrogens (primary N) is 1. The van der Waals surface area contributed by atoms with Crippen molar-refractivity contribution in [2.45, 2.75) is 0 Å². The van der Waals surface area contributed by atoms with E-state index in [1.165, 1.54) is 0 Å². The molecule has 1 aliphatic rings. The van der Waals surface area contributed by atoms with E-state index in [-0.39, 0.29) is 0 Å². The fraction of sp³-hybridized carbons (Fsp3) is 0.364. The number of ether oxygens (including phenoxy) is 1. The predicted molar refractivity (Wildman–Crippen MR) is 58.6 cm³/mol. The Hall–Kier alpha value is -1.73. The van der Waals surface area contributed by atoms with Crippen molar-refractivity contribution in [2.24, 2.45) is 0 Å². The van der Waals surface area contributed by atoms with Crippen LogP contribution in [0.1, 0.15) is 5.56 Å². The number of benzene rings is 1. The van der Waals surface area contributed by atoms with Gasteiger partial charge in [-0.15, -0.1) is 0 Å². The van der Waals surface area contributed by atoms with Gasteiger partial charge in [0, 0.05) is 24.5 Å². The third-order valence-electron chi connectivity index (χ3n) is 2.53. The Bertz CT molecular complexity index is 391. The molecule has 1 aromatic carbocycles. The van der Waals surface area contributed by atoms with E-state index in [1.807, 2.05) is 12.1 Å². The summed E-state index contributed by atoms with van der Waals surface area (Å²) in [5, 5.41) is 8.87. The van der Waals surface area contributed by atoms with Gasteiger partial charge in [-0.25, -0.2) is 0 Å². The van der Waals surface area contributed by atoms with Crippen LogP contribution >= 0.6 is 0 Å². The minimum absolute atomic E-state index is 0.537. The first kappa shape index (κ1) is 9.81. The Morgan fingerprint density at radius 2 is 2.07 bits per heavy atom. The summed E-state index contributed by atoms with van der Waals surface area (Å²) in [6.07, 6.45) is 0. The maximum absolute atomic E-state index is 8.87. The molecule has 0 amide bonds. The highest BCUT2D eigenvalue weighted by atomic mass is 16.5. The van der Waals surface area contributed by atoms with Crippen LogP contribution in [0, 0.1) is 11.3 Å². The molecule has 0 aromatic heterocycles. The first-order valence-corrected chi connectivity index (χ1v) is 4.93. The summed E-state index contributed by atoms with van der Waals surface area (Å²) in [7, 11) is 0. The van der Waals surface area contributed by atoms with Gasteiger partial charge < -0.3 is 15.4 Å². The number of rotatable bonds is 1. The number of hydrogen-bond acceptors (Lipinski definition) is 4. The van der Waals surface area contributed by atoms with Crippen LogP contribution < -0.4 is 10.6 Å². The van der Waals surface area contributed by atoms with Crippen LogP contribution in [0.3, 0.4) is 0 Å². The van der Waals surface area contributed by atoms with Crippen molar-refractivity contribution >= 4 is 11.4 Å². The molecule has 0 atom stereocenters. The highest BCUT2D eigenvalue weighted by Gasteiger charge is 2.12. The van der Waals surface area contributed by atoms with Crippen LogP contribution in [0.4, 0.5) is 11.4 Å². The summed E-state index contributed by atoms with van der Waals surface area (Å²) in [4.78, 5) is 2.20. The molecule has 2 N–H and O–H groups in total. The average Bonchev–Trinajstić information content (AvgIpc) is 2.31. The van der Waals surface area contributed by atoms with E-state index in [1.54, 1.807) is 6.07 Å². The molecule has 0 bridgehead atoms. The molecule has 1 aromatic rings. The Morgan fingerprint density at radius 1 is 1.33 bits per heavy atom. The topological polar surface area (TPSA) is 62.3 Å². The molecular formula is C11H13N3O. The van der Waals surface area contributed by atoms with Gasteiger partial charge in [0.25, 0.3) is 0 Å². The summed E-state index contributed by atoms with van der Waals surface area (Å²) in [5.41, 5.74) is 7.79. The summed E-state index contributed by atoms with van der Waals surface area (Å²) < 4.78 is 5.27. The Morgan fingerprint density at radius 3 is 2.73 bits per heavy atom. The van der Waals surface area contributed by atoms with Crippen LogP contribution in [0.15, 0.2) is 18.2 Å². The number of nitriles is 1. The molecule has 0 aliphatic carbocycles. The second-order valence-corrected chi connectivity index (χ2v) is 3.48. The van der Waals surface area contributed by atoms with Crippen molar-refractivity contribution in [1.82, 2.24) is 0 Å². The van der Waals surface area contributed by atoms with E-state index in [9.17, 15) is 0 Å². The zero-order valence-corrected chi connectivity index (χ0v) is 8.44. The Balaban J connectivity index is 2.25. The highest BCUT2D eigenvalue weighted by molar-refractivity contribution is 5.62. The van der Waals surface area contributed by atoms with E-state index in [2.05, 4.69) is 11.0 Å². The van der Waals surface area contributed by atoms with E-state index in [0.717, 1.165) is 32.0 Å². The average molecular weight is 203 g/mol. The smallest absolute Gasteiger partial charge is 0.101 e. The van der Waals surface area contributed by atoms with Gasteiger partial charge in [0.05, 0.1) is 18.8 Å². The molecular weight excluding hydrogens is 190 g/mol. The molecule has 0 spiro atoms. The zero-order valence-electron chi connectivity index (χ0n) is 8.44. The monoisotopic (exact) mass is 203 g/mol. The summed E-state index contributed by atoms with van der Waals surface area (Å²) in [6, 6.07) is 7.65. The summed E-state index contributed by atoms with van der Waals surface area (Å²) in [5.74, 6) is 0. The number of hydrogen-bond donors (Lipinski definition) is 1. The molecule has 2 rings (SSSR count). The van der Waals surface area contributed by atoms with Crippen molar-refractivity contribution in [1.29, 1.82) is 5.26 Å². The molecule has 1 saturated heterocycles. The molecule has 1 fully saturated rings. The molecule has 15 heavy (non-hydrogen) atoms. The van der Waals surface area contributed by atoms with Crippen LogP contribution in [0.25, 0.3) is 0 Å². The molecule has 4 heteroatoms. The van der Waals surface area contributed by atoms with Crippen molar-refractivity contribution in [3.63, 3.8) is 0 Å². The normalized spacial score (nSPS) is 16.1. The van der Waals surface area contributed by atoms with Crippen molar-refractivity contribution in [2.75, 3.05) is 36.9 Å². The summed E-state index contributed by atoms with van der Waals surface area (Å²) >= 11 is 0. The van der Waals surface area contributed by atoms with Crippen LogP contribution in [0.5, 0.6) is 0 Å². The number of morpholine rings is 1. The third kappa shape index (κ3) is 2.03. The minimum Gasteiger partial charge on any atom is -0.398 e. The van der Waals surface area contributed by atoms with Gasteiger partial charge >= 0.3 is 0 Å². The quantitative estimate of drug-likeness (QED) is 0.691. The van der Waals surface area contributed by atoms with Crippen molar-refractivity contribution < 1.29 is 4.74 Å². The lowest BCUT2D eigenvalue weighted by molar-refractivity contribution is 0.122. The maximum Gasteiger partial charge on any atom is 0.101 e. The third-order valence-corrected chi connectivity index (χ3v) is 2.53. The first-order valence-electron chi connectivity index (χ1n) is 4.93. The summed E-state index contributed by atoms with van der Waals surface area (Å²) in [6.45, 7) is 3.22.